The number of nitrogens with one attached hydrogen (secondary N) is 1. The fourth-order valence-corrected chi connectivity index (χ4v) is 5.15. The Morgan fingerprint density at radius 3 is 2.59 bits per heavy atom. The Balaban J connectivity index is 1.55. The standard InChI is InChI=1S/C23H22ClFN2OS/c24-19-10-4-2-8-16(19)14-17-15-26-22(29-17)27-21(28)23(12-6-1-7-13-23)18-9-3-5-11-20(18)25/h2-5,8-11,15H,1,6-7,12-14H2,(H,26,27,28). The maximum atomic E-state index is 14.6. The zero-order valence-corrected chi connectivity index (χ0v) is 17.5. The lowest BCUT2D eigenvalue weighted by Gasteiger charge is -2.36. The van der Waals surface area contributed by atoms with E-state index in [9.17, 15) is 9.18 Å². The van der Waals surface area contributed by atoms with E-state index in [4.69, 9.17) is 11.6 Å². The van der Waals surface area contributed by atoms with Crippen LogP contribution in [-0.2, 0) is 16.6 Å². The molecule has 0 spiro atoms. The molecule has 6 heteroatoms. The van der Waals surface area contributed by atoms with Crippen molar-refractivity contribution in [2.24, 2.45) is 0 Å². The molecule has 3 nitrogen and oxygen atoms in total. The Labute approximate surface area is 178 Å². The number of carbonyl (C=O) groups excluding carboxylic acids is 1. The predicted octanol–water partition coefficient (Wildman–Crippen LogP) is 6.37. The summed E-state index contributed by atoms with van der Waals surface area (Å²) in [7, 11) is 0. The van der Waals surface area contributed by atoms with Gasteiger partial charge in [0.1, 0.15) is 5.82 Å². The van der Waals surface area contributed by atoms with E-state index in [-0.39, 0.29) is 11.7 Å². The molecule has 29 heavy (non-hydrogen) atoms. The first-order valence-corrected chi connectivity index (χ1v) is 11.0. The number of nitrogens with zero attached hydrogens (tertiary/aromatic N) is 1. The summed E-state index contributed by atoms with van der Waals surface area (Å²) in [5, 5.41) is 4.22. The highest BCUT2D eigenvalue weighted by atomic mass is 35.5. The lowest BCUT2D eigenvalue weighted by molar-refractivity contribution is -0.122. The molecule has 0 atom stereocenters. The van der Waals surface area contributed by atoms with Gasteiger partial charge < -0.3 is 5.32 Å². The molecular weight excluding hydrogens is 407 g/mol. The summed E-state index contributed by atoms with van der Waals surface area (Å²) >= 11 is 7.68. The average Bonchev–Trinajstić information content (AvgIpc) is 3.17. The molecule has 1 aliphatic rings. The van der Waals surface area contributed by atoms with E-state index in [1.807, 2.05) is 24.3 Å². The minimum absolute atomic E-state index is 0.166. The Kier molecular flexibility index (Phi) is 5.97. The zero-order chi connectivity index (χ0) is 20.3. The van der Waals surface area contributed by atoms with Crippen LogP contribution in [0.15, 0.2) is 54.7 Å². The normalized spacial score (nSPS) is 15.8. The number of hydrogen-bond donors (Lipinski definition) is 1. The van der Waals surface area contributed by atoms with Crippen molar-refractivity contribution in [3.63, 3.8) is 0 Å². The fraction of sp³-hybridized carbons (Fsp3) is 0.304. The molecule has 1 amide bonds. The molecule has 2 aromatic carbocycles. The summed E-state index contributed by atoms with van der Waals surface area (Å²) in [6.07, 6.45) is 6.62. The smallest absolute Gasteiger partial charge is 0.236 e. The Morgan fingerprint density at radius 2 is 1.83 bits per heavy atom. The molecule has 0 aliphatic heterocycles. The van der Waals surface area contributed by atoms with Crippen molar-refractivity contribution < 1.29 is 9.18 Å². The van der Waals surface area contributed by atoms with Gasteiger partial charge >= 0.3 is 0 Å². The molecule has 1 N–H and O–H groups in total. The maximum Gasteiger partial charge on any atom is 0.236 e. The number of rotatable bonds is 5. The van der Waals surface area contributed by atoms with E-state index >= 15 is 0 Å². The molecular formula is C23H22ClFN2OS. The summed E-state index contributed by atoms with van der Waals surface area (Å²) in [6.45, 7) is 0. The first-order chi connectivity index (χ1) is 14.1. The van der Waals surface area contributed by atoms with Gasteiger partial charge in [-0.25, -0.2) is 9.37 Å². The number of aromatic nitrogens is 1. The van der Waals surface area contributed by atoms with Gasteiger partial charge in [-0.2, -0.15) is 0 Å². The summed E-state index contributed by atoms with van der Waals surface area (Å²) < 4.78 is 14.6. The average molecular weight is 429 g/mol. The molecule has 1 saturated carbocycles. The third-order valence-corrected chi connectivity index (χ3v) is 6.91. The van der Waals surface area contributed by atoms with Crippen molar-refractivity contribution in [2.75, 3.05) is 5.32 Å². The highest BCUT2D eigenvalue weighted by molar-refractivity contribution is 7.15. The van der Waals surface area contributed by atoms with Gasteiger partial charge in [-0.05, 0) is 30.5 Å². The summed E-state index contributed by atoms with van der Waals surface area (Å²) in [6, 6.07) is 14.3. The van der Waals surface area contributed by atoms with Crippen LogP contribution in [-0.4, -0.2) is 10.9 Å². The molecule has 150 valence electrons. The van der Waals surface area contributed by atoms with Gasteiger partial charge in [0.25, 0.3) is 0 Å². The Hall–Kier alpha value is -2.24. The van der Waals surface area contributed by atoms with Crippen molar-refractivity contribution in [1.29, 1.82) is 0 Å². The van der Waals surface area contributed by atoms with Crippen molar-refractivity contribution in [3.8, 4) is 0 Å². The highest BCUT2D eigenvalue weighted by Gasteiger charge is 2.43. The van der Waals surface area contributed by atoms with Crippen LogP contribution in [0, 0.1) is 5.82 Å². The van der Waals surface area contributed by atoms with Crippen LogP contribution in [0.25, 0.3) is 0 Å². The molecule has 1 aromatic heterocycles. The zero-order valence-electron chi connectivity index (χ0n) is 16.0. The van der Waals surface area contributed by atoms with E-state index in [1.165, 1.54) is 17.4 Å². The second-order valence-corrected chi connectivity index (χ2v) is 9.00. The summed E-state index contributed by atoms with van der Waals surface area (Å²) in [4.78, 5) is 18.7. The van der Waals surface area contributed by atoms with E-state index in [0.29, 0.717) is 35.0 Å². The third kappa shape index (κ3) is 4.21. The van der Waals surface area contributed by atoms with Crippen LogP contribution in [0.1, 0.15) is 48.1 Å². The third-order valence-electron chi connectivity index (χ3n) is 5.63. The largest absolute Gasteiger partial charge is 0.301 e. The molecule has 0 unspecified atom stereocenters. The van der Waals surface area contributed by atoms with Gasteiger partial charge in [0.2, 0.25) is 5.91 Å². The molecule has 1 fully saturated rings. The van der Waals surface area contributed by atoms with Crippen molar-refractivity contribution >= 4 is 34.0 Å². The second-order valence-electron chi connectivity index (χ2n) is 7.48. The fourth-order valence-electron chi connectivity index (χ4n) is 4.12. The maximum absolute atomic E-state index is 14.6. The van der Waals surface area contributed by atoms with Gasteiger partial charge in [0, 0.05) is 28.1 Å². The van der Waals surface area contributed by atoms with Crippen LogP contribution < -0.4 is 5.32 Å². The highest BCUT2D eigenvalue weighted by Crippen LogP contribution is 2.41. The van der Waals surface area contributed by atoms with E-state index < -0.39 is 5.41 Å². The number of thiazole rings is 1. The number of anilines is 1. The summed E-state index contributed by atoms with van der Waals surface area (Å²) in [5.41, 5.74) is 0.675. The van der Waals surface area contributed by atoms with Crippen molar-refractivity contribution in [2.45, 2.75) is 43.9 Å². The van der Waals surface area contributed by atoms with Gasteiger partial charge in [-0.15, -0.1) is 11.3 Å². The van der Waals surface area contributed by atoms with Crippen LogP contribution in [0.4, 0.5) is 9.52 Å². The first kappa shape index (κ1) is 20.0. The SMILES string of the molecule is O=C(Nc1ncc(Cc2ccccc2Cl)s1)C1(c2ccccc2F)CCCCC1. The van der Waals surface area contributed by atoms with Crippen molar-refractivity contribution in [3.05, 3.63) is 81.6 Å². The lowest BCUT2D eigenvalue weighted by Crippen LogP contribution is -2.42. The minimum Gasteiger partial charge on any atom is -0.301 e. The van der Waals surface area contributed by atoms with E-state index in [0.717, 1.165) is 29.7 Å². The van der Waals surface area contributed by atoms with Crippen LogP contribution in [0.3, 0.4) is 0 Å². The molecule has 3 aromatic rings. The van der Waals surface area contributed by atoms with E-state index in [2.05, 4.69) is 10.3 Å². The number of hydrogen-bond acceptors (Lipinski definition) is 3. The van der Waals surface area contributed by atoms with Crippen LogP contribution in [0.2, 0.25) is 5.02 Å². The Morgan fingerprint density at radius 1 is 1.10 bits per heavy atom. The summed E-state index contributed by atoms with van der Waals surface area (Å²) in [5.74, 6) is -0.482. The monoisotopic (exact) mass is 428 g/mol. The Bertz CT molecular complexity index is 1010. The number of carbonyl (C=O) groups is 1. The van der Waals surface area contributed by atoms with Crippen LogP contribution in [0.5, 0.6) is 0 Å². The van der Waals surface area contributed by atoms with Crippen molar-refractivity contribution in [1.82, 2.24) is 4.98 Å². The topological polar surface area (TPSA) is 42.0 Å². The first-order valence-electron chi connectivity index (χ1n) is 9.83. The molecule has 0 bridgehead atoms. The van der Waals surface area contributed by atoms with Gasteiger partial charge in [-0.1, -0.05) is 67.3 Å². The molecule has 4 rings (SSSR count). The van der Waals surface area contributed by atoms with E-state index in [1.54, 1.807) is 24.4 Å². The number of amides is 1. The van der Waals surface area contributed by atoms with Crippen LogP contribution >= 0.6 is 22.9 Å². The number of benzene rings is 2. The second kappa shape index (κ2) is 8.64. The molecule has 0 radical (unpaired) electrons. The molecule has 1 aliphatic carbocycles. The quantitative estimate of drug-likeness (QED) is 0.513. The molecule has 0 saturated heterocycles. The predicted molar refractivity (Wildman–Crippen MR) is 116 cm³/mol. The lowest BCUT2D eigenvalue weighted by atomic mass is 9.68. The van der Waals surface area contributed by atoms with Gasteiger partial charge in [0.05, 0.1) is 5.41 Å². The van der Waals surface area contributed by atoms with Gasteiger partial charge in [0.15, 0.2) is 5.13 Å². The molecule has 1 heterocycles. The van der Waals surface area contributed by atoms with Gasteiger partial charge in [-0.3, -0.25) is 4.79 Å². The minimum atomic E-state index is -0.835. The number of halogens is 2.